The van der Waals surface area contributed by atoms with E-state index in [1.807, 2.05) is 12.1 Å². The number of hydrogen-bond acceptors (Lipinski definition) is 4. The van der Waals surface area contributed by atoms with E-state index in [0.29, 0.717) is 0 Å². The minimum absolute atomic E-state index is 0.807. The molecule has 0 N–H and O–H groups in total. The third kappa shape index (κ3) is 4.09. The van der Waals surface area contributed by atoms with E-state index in [9.17, 15) is 0 Å². The van der Waals surface area contributed by atoms with Crippen LogP contribution in [-0.2, 0) is 11.3 Å². The number of benzene rings is 1. The summed E-state index contributed by atoms with van der Waals surface area (Å²) in [5, 5.41) is 0. The van der Waals surface area contributed by atoms with E-state index in [0.717, 1.165) is 51.7 Å². The van der Waals surface area contributed by atoms with Crippen molar-refractivity contribution < 1.29 is 9.15 Å². The van der Waals surface area contributed by atoms with Gasteiger partial charge in [0.15, 0.2) is 0 Å². The zero-order valence-corrected chi connectivity index (χ0v) is 12.3. The first-order valence-electron chi connectivity index (χ1n) is 7.54. The number of furan rings is 1. The van der Waals surface area contributed by atoms with Crippen LogP contribution in [-0.4, -0.2) is 44.3 Å². The summed E-state index contributed by atoms with van der Waals surface area (Å²) in [7, 11) is 0. The average molecular weight is 286 g/mol. The number of morpholine rings is 1. The predicted molar refractivity (Wildman–Crippen MR) is 83.5 cm³/mol. The zero-order valence-electron chi connectivity index (χ0n) is 12.3. The summed E-state index contributed by atoms with van der Waals surface area (Å²) in [5.41, 5.74) is 1.24. The molecule has 2 aromatic rings. The van der Waals surface area contributed by atoms with E-state index in [-0.39, 0.29) is 0 Å². The molecule has 3 rings (SSSR count). The van der Waals surface area contributed by atoms with Crippen molar-refractivity contribution in [3.05, 3.63) is 54.5 Å². The molecule has 1 aliphatic heterocycles. The first-order valence-corrected chi connectivity index (χ1v) is 7.54. The molecule has 0 bridgehead atoms. The Bertz CT molecular complexity index is 507. The highest BCUT2D eigenvalue weighted by Crippen LogP contribution is 2.17. The highest BCUT2D eigenvalue weighted by molar-refractivity contribution is 5.46. The first kappa shape index (κ1) is 14.2. The normalized spacial score (nSPS) is 16.0. The molecule has 21 heavy (non-hydrogen) atoms. The van der Waals surface area contributed by atoms with Gasteiger partial charge in [0.25, 0.3) is 0 Å². The van der Waals surface area contributed by atoms with E-state index >= 15 is 0 Å². The number of ether oxygens (including phenoxy) is 1. The predicted octanol–water partition coefficient (Wildman–Crippen LogP) is 2.62. The molecule has 0 aliphatic carbocycles. The van der Waals surface area contributed by atoms with Crippen molar-refractivity contribution in [2.75, 3.05) is 44.3 Å². The molecule has 4 nitrogen and oxygen atoms in total. The summed E-state index contributed by atoms with van der Waals surface area (Å²) in [4.78, 5) is 4.83. The van der Waals surface area contributed by atoms with E-state index < -0.39 is 0 Å². The molecule has 1 aliphatic rings. The van der Waals surface area contributed by atoms with Gasteiger partial charge in [-0.1, -0.05) is 18.2 Å². The summed E-state index contributed by atoms with van der Waals surface area (Å²) in [6.07, 6.45) is 1.74. The summed E-state index contributed by atoms with van der Waals surface area (Å²) in [6.45, 7) is 6.62. The molecule has 0 spiro atoms. The molecule has 1 aromatic heterocycles. The number of para-hydroxylation sites is 1. The van der Waals surface area contributed by atoms with Crippen molar-refractivity contribution >= 4 is 5.69 Å². The van der Waals surface area contributed by atoms with Gasteiger partial charge < -0.3 is 14.1 Å². The summed E-state index contributed by atoms with van der Waals surface area (Å²) in [5.74, 6) is 1.00. The molecule has 1 fully saturated rings. The molecule has 0 amide bonds. The zero-order chi connectivity index (χ0) is 14.3. The van der Waals surface area contributed by atoms with Gasteiger partial charge in [0.2, 0.25) is 0 Å². The number of hydrogen-bond donors (Lipinski definition) is 0. The molecular formula is C17H22N2O2. The van der Waals surface area contributed by atoms with Gasteiger partial charge in [-0.3, -0.25) is 4.90 Å². The molecule has 0 unspecified atom stereocenters. The van der Waals surface area contributed by atoms with Gasteiger partial charge in [0, 0.05) is 31.9 Å². The van der Waals surface area contributed by atoms with Gasteiger partial charge in [0.1, 0.15) is 5.76 Å². The molecule has 1 aromatic carbocycles. The first-order chi connectivity index (χ1) is 10.4. The number of anilines is 1. The lowest BCUT2D eigenvalue weighted by Gasteiger charge is -2.30. The van der Waals surface area contributed by atoms with Crippen molar-refractivity contribution in [3.63, 3.8) is 0 Å². The number of nitrogens with zero attached hydrogens (tertiary/aromatic N) is 2. The van der Waals surface area contributed by atoms with Crippen LogP contribution in [0.1, 0.15) is 5.76 Å². The van der Waals surface area contributed by atoms with Gasteiger partial charge >= 0.3 is 0 Å². The maximum absolute atomic E-state index is 5.50. The Morgan fingerprint density at radius 1 is 1.00 bits per heavy atom. The standard InChI is InChI=1S/C17H22N2O2/c1-2-5-16(6-3-1)19(15-17-7-4-12-21-17)9-8-18-10-13-20-14-11-18/h1-7,12H,8-11,13-15H2. The van der Waals surface area contributed by atoms with Gasteiger partial charge in [-0.05, 0) is 24.3 Å². The van der Waals surface area contributed by atoms with Crippen LogP contribution < -0.4 is 4.90 Å². The van der Waals surface area contributed by atoms with Gasteiger partial charge in [-0.25, -0.2) is 0 Å². The fraction of sp³-hybridized carbons (Fsp3) is 0.412. The van der Waals surface area contributed by atoms with Crippen molar-refractivity contribution in [3.8, 4) is 0 Å². The van der Waals surface area contributed by atoms with Crippen LogP contribution >= 0.6 is 0 Å². The third-order valence-corrected chi connectivity index (χ3v) is 3.84. The largest absolute Gasteiger partial charge is 0.467 e. The monoisotopic (exact) mass is 286 g/mol. The van der Waals surface area contributed by atoms with Crippen molar-refractivity contribution in [2.24, 2.45) is 0 Å². The van der Waals surface area contributed by atoms with Crippen molar-refractivity contribution in [1.82, 2.24) is 4.90 Å². The average Bonchev–Trinajstić information content (AvgIpc) is 3.06. The van der Waals surface area contributed by atoms with E-state index in [4.69, 9.17) is 9.15 Å². The van der Waals surface area contributed by atoms with Crippen LogP contribution in [0.5, 0.6) is 0 Å². The topological polar surface area (TPSA) is 28.9 Å². The quantitative estimate of drug-likeness (QED) is 0.816. The molecule has 1 saturated heterocycles. The van der Waals surface area contributed by atoms with E-state index in [1.54, 1.807) is 6.26 Å². The van der Waals surface area contributed by atoms with E-state index in [1.165, 1.54) is 5.69 Å². The van der Waals surface area contributed by atoms with Gasteiger partial charge in [-0.2, -0.15) is 0 Å². The van der Waals surface area contributed by atoms with Gasteiger partial charge in [0.05, 0.1) is 26.0 Å². The Morgan fingerprint density at radius 3 is 2.52 bits per heavy atom. The lowest BCUT2D eigenvalue weighted by molar-refractivity contribution is 0.0391. The lowest BCUT2D eigenvalue weighted by Crippen LogP contribution is -2.41. The maximum atomic E-state index is 5.50. The third-order valence-electron chi connectivity index (χ3n) is 3.84. The Morgan fingerprint density at radius 2 is 1.81 bits per heavy atom. The summed E-state index contributed by atoms with van der Waals surface area (Å²) in [6, 6.07) is 14.5. The van der Waals surface area contributed by atoms with Crippen molar-refractivity contribution in [2.45, 2.75) is 6.54 Å². The lowest BCUT2D eigenvalue weighted by atomic mass is 10.2. The van der Waals surface area contributed by atoms with Crippen LogP contribution in [0.2, 0.25) is 0 Å². The fourth-order valence-corrected chi connectivity index (χ4v) is 2.62. The Kier molecular flexibility index (Phi) is 4.92. The van der Waals surface area contributed by atoms with Crippen LogP contribution in [0.15, 0.2) is 53.1 Å². The smallest absolute Gasteiger partial charge is 0.123 e. The fourth-order valence-electron chi connectivity index (χ4n) is 2.62. The molecule has 4 heteroatoms. The Hall–Kier alpha value is -1.78. The van der Waals surface area contributed by atoms with Crippen LogP contribution in [0.3, 0.4) is 0 Å². The summed E-state index contributed by atoms with van der Waals surface area (Å²) >= 11 is 0. The molecule has 2 heterocycles. The highest BCUT2D eigenvalue weighted by atomic mass is 16.5. The van der Waals surface area contributed by atoms with Crippen LogP contribution in [0.4, 0.5) is 5.69 Å². The second-order valence-corrected chi connectivity index (χ2v) is 5.29. The van der Waals surface area contributed by atoms with Crippen LogP contribution in [0, 0.1) is 0 Å². The Balaban J connectivity index is 1.63. The highest BCUT2D eigenvalue weighted by Gasteiger charge is 2.14. The minimum atomic E-state index is 0.807. The maximum Gasteiger partial charge on any atom is 0.123 e. The van der Waals surface area contributed by atoms with Crippen molar-refractivity contribution in [1.29, 1.82) is 0 Å². The molecule has 0 saturated carbocycles. The molecule has 0 atom stereocenters. The second kappa shape index (κ2) is 7.29. The minimum Gasteiger partial charge on any atom is -0.467 e. The SMILES string of the molecule is c1ccc(N(CCN2CCOCC2)Cc2ccco2)cc1. The van der Waals surface area contributed by atoms with Crippen LogP contribution in [0.25, 0.3) is 0 Å². The molecule has 112 valence electrons. The van der Waals surface area contributed by atoms with Gasteiger partial charge in [-0.15, -0.1) is 0 Å². The number of rotatable bonds is 6. The summed E-state index contributed by atoms with van der Waals surface area (Å²) < 4.78 is 10.9. The van der Waals surface area contributed by atoms with E-state index in [2.05, 4.69) is 40.1 Å². The Labute approximate surface area is 125 Å². The molecular weight excluding hydrogens is 264 g/mol. The second-order valence-electron chi connectivity index (χ2n) is 5.29. The molecule has 0 radical (unpaired) electrons.